The smallest absolute Gasteiger partial charge is 0.268 e. The zero-order chi connectivity index (χ0) is 12.4. The fraction of sp³-hybridized carbons (Fsp3) is 0.182. The maximum atomic E-state index is 11.9. The standard InChI is InChI=1S/C11H10BrClN2OS/c1-15-5-8(13)3-10(15)11(16)14-4-9-2-7(12)6-17-9/h2-3,5-6H,4H2,1H3,(H,14,16). The number of aromatic nitrogens is 1. The first-order valence-corrected chi connectivity index (χ1v) is 6.94. The summed E-state index contributed by atoms with van der Waals surface area (Å²) < 4.78 is 2.75. The van der Waals surface area contributed by atoms with Gasteiger partial charge in [0.2, 0.25) is 0 Å². The normalized spacial score (nSPS) is 10.5. The molecule has 90 valence electrons. The number of carbonyl (C=O) groups is 1. The molecule has 0 fully saturated rings. The maximum absolute atomic E-state index is 11.9. The highest BCUT2D eigenvalue weighted by Crippen LogP contribution is 2.19. The van der Waals surface area contributed by atoms with E-state index in [1.165, 1.54) is 0 Å². The zero-order valence-corrected chi connectivity index (χ0v) is 12.2. The number of rotatable bonds is 3. The molecule has 17 heavy (non-hydrogen) atoms. The van der Waals surface area contributed by atoms with Gasteiger partial charge in [-0.05, 0) is 28.1 Å². The molecule has 0 aliphatic heterocycles. The Morgan fingerprint density at radius 3 is 2.88 bits per heavy atom. The molecule has 0 unspecified atom stereocenters. The van der Waals surface area contributed by atoms with Crippen LogP contribution in [0.1, 0.15) is 15.4 Å². The van der Waals surface area contributed by atoms with Crippen LogP contribution in [0.2, 0.25) is 5.02 Å². The van der Waals surface area contributed by atoms with Crippen LogP contribution in [0.25, 0.3) is 0 Å². The van der Waals surface area contributed by atoms with Crippen LogP contribution in [0.15, 0.2) is 28.2 Å². The van der Waals surface area contributed by atoms with E-state index in [-0.39, 0.29) is 5.91 Å². The summed E-state index contributed by atoms with van der Waals surface area (Å²) in [4.78, 5) is 13.0. The first kappa shape index (κ1) is 12.7. The van der Waals surface area contributed by atoms with E-state index in [9.17, 15) is 4.79 Å². The Bertz CT molecular complexity index is 549. The third-order valence-corrected chi connectivity index (χ3v) is 4.15. The fourth-order valence-electron chi connectivity index (χ4n) is 1.45. The third kappa shape index (κ3) is 3.12. The molecule has 0 aliphatic rings. The maximum Gasteiger partial charge on any atom is 0.268 e. The summed E-state index contributed by atoms with van der Waals surface area (Å²) in [6, 6.07) is 3.64. The average Bonchev–Trinajstić information content (AvgIpc) is 2.81. The number of aryl methyl sites for hydroxylation is 1. The van der Waals surface area contributed by atoms with Crippen molar-refractivity contribution in [3.8, 4) is 0 Å². The lowest BCUT2D eigenvalue weighted by Gasteiger charge is -2.04. The van der Waals surface area contributed by atoms with Gasteiger partial charge in [-0.25, -0.2) is 0 Å². The summed E-state index contributed by atoms with van der Waals surface area (Å²) >= 11 is 10.8. The number of hydrogen-bond donors (Lipinski definition) is 1. The van der Waals surface area contributed by atoms with Gasteiger partial charge in [0.25, 0.3) is 5.91 Å². The molecule has 1 N–H and O–H groups in total. The number of nitrogens with one attached hydrogen (secondary N) is 1. The highest BCUT2D eigenvalue weighted by atomic mass is 79.9. The van der Waals surface area contributed by atoms with E-state index in [2.05, 4.69) is 21.2 Å². The second-order valence-corrected chi connectivity index (χ2v) is 5.92. The average molecular weight is 334 g/mol. The predicted octanol–water partition coefficient (Wildman–Crippen LogP) is 3.43. The van der Waals surface area contributed by atoms with Crippen LogP contribution in [0, 0.1) is 0 Å². The van der Waals surface area contributed by atoms with E-state index in [4.69, 9.17) is 11.6 Å². The molecule has 0 atom stereocenters. The third-order valence-electron chi connectivity index (χ3n) is 2.25. The molecular weight excluding hydrogens is 324 g/mol. The van der Waals surface area contributed by atoms with Gasteiger partial charge in [0.1, 0.15) is 5.69 Å². The lowest BCUT2D eigenvalue weighted by Crippen LogP contribution is -2.24. The van der Waals surface area contributed by atoms with Gasteiger partial charge in [0, 0.05) is 28.0 Å². The van der Waals surface area contributed by atoms with Crippen LogP contribution < -0.4 is 5.32 Å². The highest BCUT2D eigenvalue weighted by Gasteiger charge is 2.10. The first-order chi connectivity index (χ1) is 8.06. The highest BCUT2D eigenvalue weighted by molar-refractivity contribution is 9.10. The minimum atomic E-state index is -0.121. The number of hydrogen-bond acceptors (Lipinski definition) is 2. The molecule has 0 radical (unpaired) electrons. The van der Waals surface area contributed by atoms with Crippen LogP contribution in [0.4, 0.5) is 0 Å². The Morgan fingerprint density at radius 1 is 1.59 bits per heavy atom. The van der Waals surface area contributed by atoms with Gasteiger partial charge in [0.15, 0.2) is 0 Å². The molecule has 0 spiro atoms. The summed E-state index contributed by atoms with van der Waals surface area (Å²) in [5.74, 6) is -0.121. The van der Waals surface area contributed by atoms with Crippen LogP contribution in [-0.2, 0) is 13.6 Å². The summed E-state index contributed by atoms with van der Waals surface area (Å²) in [7, 11) is 1.79. The molecule has 3 nitrogen and oxygen atoms in total. The summed E-state index contributed by atoms with van der Waals surface area (Å²) in [6.07, 6.45) is 1.71. The predicted molar refractivity (Wildman–Crippen MR) is 73.6 cm³/mol. The van der Waals surface area contributed by atoms with Crippen LogP contribution in [0.3, 0.4) is 0 Å². The monoisotopic (exact) mass is 332 g/mol. The molecule has 0 bridgehead atoms. The largest absolute Gasteiger partial charge is 0.346 e. The topological polar surface area (TPSA) is 34.0 Å². The number of carbonyl (C=O) groups excluding carboxylic acids is 1. The number of nitrogens with zero attached hydrogens (tertiary/aromatic N) is 1. The van der Waals surface area contributed by atoms with Gasteiger partial charge in [-0.1, -0.05) is 11.6 Å². The van der Waals surface area contributed by atoms with Gasteiger partial charge in [-0.15, -0.1) is 11.3 Å². The minimum absolute atomic E-state index is 0.121. The van der Waals surface area contributed by atoms with E-state index in [0.717, 1.165) is 9.35 Å². The Hall–Kier alpha value is -0.780. The lowest BCUT2D eigenvalue weighted by atomic mass is 10.4. The molecule has 0 aliphatic carbocycles. The SMILES string of the molecule is Cn1cc(Cl)cc1C(=O)NCc1cc(Br)cs1. The van der Waals surface area contributed by atoms with Gasteiger partial charge in [-0.2, -0.15) is 0 Å². The second kappa shape index (κ2) is 5.25. The van der Waals surface area contributed by atoms with E-state index >= 15 is 0 Å². The van der Waals surface area contributed by atoms with Crippen molar-refractivity contribution in [2.24, 2.45) is 7.05 Å². The second-order valence-electron chi connectivity index (χ2n) is 3.57. The molecule has 1 amide bonds. The molecule has 2 rings (SSSR count). The van der Waals surface area contributed by atoms with Gasteiger partial charge < -0.3 is 9.88 Å². The zero-order valence-electron chi connectivity index (χ0n) is 9.04. The quantitative estimate of drug-likeness (QED) is 0.917. The van der Waals surface area contributed by atoms with E-state index in [0.29, 0.717) is 17.3 Å². The lowest BCUT2D eigenvalue weighted by molar-refractivity contribution is 0.0943. The van der Waals surface area contributed by atoms with Crippen LogP contribution in [-0.4, -0.2) is 10.5 Å². The number of amides is 1. The van der Waals surface area contributed by atoms with E-state index in [1.807, 2.05) is 11.4 Å². The van der Waals surface area contributed by atoms with Crippen molar-refractivity contribution in [1.82, 2.24) is 9.88 Å². The Labute approximate surface area is 117 Å². The summed E-state index contributed by atoms with van der Waals surface area (Å²) in [5.41, 5.74) is 0.561. The number of thiophene rings is 1. The molecule has 2 aromatic rings. The van der Waals surface area contributed by atoms with Gasteiger partial charge >= 0.3 is 0 Å². The minimum Gasteiger partial charge on any atom is -0.346 e. The molecule has 0 saturated heterocycles. The van der Waals surface area contributed by atoms with Crippen molar-refractivity contribution in [2.45, 2.75) is 6.54 Å². The van der Waals surface area contributed by atoms with Crippen molar-refractivity contribution in [2.75, 3.05) is 0 Å². The van der Waals surface area contributed by atoms with E-state index in [1.54, 1.807) is 35.2 Å². The Kier molecular flexibility index (Phi) is 3.91. The first-order valence-electron chi connectivity index (χ1n) is 4.89. The van der Waals surface area contributed by atoms with Crippen molar-refractivity contribution in [3.05, 3.63) is 43.8 Å². The van der Waals surface area contributed by atoms with Crippen LogP contribution >= 0.6 is 38.9 Å². The van der Waals surface area contributed by atoms with Crippen molar-refractivity contribution >= 4 is 44.8 Å². The molecule has 2 aromatic heterocycles. The van der Waals surface area contributed by atoms with Crippen molar-refractivity contribution in [3.63, 3.8) is 0 Å². The summed E-state index contributed by atoms with van der Waals surface area (Å²) in [5, 5.41) is 5.41. The molecule has 6 heteroatoms. The summed E-state index contributed by atoms with van der Waals surface area (Å²) in [6.45, 7) is 0.526. The molecule has 2 heterocycles. The molecule has 0 aromatic carbocycles. The Balaban J connectivity index is 2.00. The van der Waals surface area contributed by atoms with Gasteiger partial charge in [0.05, 0.1) is 11.6 Å². The number of halogens is 2. The fourth-order valence-corrected chi connectivity index (χ4v) is 3.09. The Morgan fingerprint density at radius 2 is 2.35 bits per heavy atom. The van der Waals surface area contributed by atoms with Crippen molar-refractivity contribution < 1.29 is 4.79 Å². The van der Waals surface area contributed by atoms with E-state index < -0.39 is 0 Å². The van der Waals surface area contributed by atoms with Gasteiger partial charge in [-0.3, -0.25) is 4.79 Å². The molecule has 0 saturated carbocycles. The van der Waals surface area contributed by atoms with Crippen LogP contribution in [0.5, 0.6) is 0 Å². The molecular formula is C11H10BrClN2OS. The van der Waals surface area contributed by atoms with Crippen molar-refractivity contribution in [1.29, 1.82) is 0 Å².